The normalized spacial score (nSPS) is 22.0. The third kappa shape index (κ3) is 3.70. The summed E-state index contributed by atoms with van der Waals surface area (Å²) in [6.07, 6.45) is 1.48. The van der Waals surface area contributed by atoms with Crippen LogP contribution in [0.5, 0.6) is 0 Å². The highest BCUT2D eigenvalue weighted by Gasteiger charge is 2.47. The van der Waals surface area contributed by atoms with Gasteiger partial charge in [0.05, 0.1) is 22.8 Å². The van der Waals surface area contributed by atoms with Gasteiger partial charge in [0.2, 0.25) is 11.8 Å². The molecule has 1 atom stereocenters. The minimum atomic E-state index is -0.532. The maximum atomic E-state index is 12.7. The first-order chi connectivity index (χ1) is 13.1. The highest BCUT2D eigenvalue weighted by Crippen LogP contribution is 2.40. The van der Waals surface area contributed by atoms with E-state index in [-0.39, 0.29) is 17.6 Å². The first kappa shape index (κ1) is 20.5. The molecule has 0 saturated carbocycles. The number of β-amino-alcohol motifs (C(OH)–C–C–N with tert-alkyl or cyclic N) is 1. The van der Waals surface area contributed by atoms with E-state index in [1.54, 1.807) is 28.5 Å². The number of likely N-dealkylation sites (tertiary alicyclic amines) is 2. The monoisotopic (exact) mass is 390 g/mol. The number of Topliss-reactive ketones (excluding diaryl/α,β-unsaturated/α-hetero) is 1. The average molecular weight is 390 g/mol. The van der Waals surface area contributed by atoms with Crippen molar-refractivity contribution in [2.45, 2.75) is 59.1 Å². The number of amides is 2. The molecule has 1 spiro atoms. The van der Waals surface area contributed by atoms with Crippen LogP contribution < -0.4 is 0 Å². The number of rotatable bonds is 4. The summed E-state index contributed by atoms with van der Waals surface area (Å²) in [5, 5.41) is 14.5. The van der Waals surface area contributed by atoms with Gasteiger partial charge in [0.25, 0.3) is 0 Å². The van der Waals surface area contributed by atoms with Crippen LogP contribution in [0.25, 0.3) is 0 Å². The van der Waals surface area contributed by atoms with Crippen LogP contribution in [0.4, 0.5) is 0 Å². The van der Waals surface area contributed by atoms with Gasteiger partial charge in [-0.2, -0.15) is 5.10 Å². The lowest BCUT2D eigenvalue weighted by atomic mass is 9.71. The summed E-state index contributed by atoms with van der Waals surface area (Å²) in [5.74, 6) is 0.103. The number of carbonyl (C=O) groups excluding carboxylic acids is 3. The smallest absolute Gasteiger partial charge is 0.228 e. The number of aliphatic hydroxyl groups excluding tert-OH is 1. The van der Waals surface area contributed by atoms with Gasteiger partial charge >= 0.3 is 0 Å². The van der Waals surface area contributed by atoms with Crippen molar-refractivity contribution in [2.24, 2.45) is 5.41 Å². The Morgan fingerprint density at radius 3 is 2.46 bits per heavy atom. The summed E-state index contributed by atoms with van der Waals surface area (Å²) in [4.78, 5) is 40.4. The molecule has 8 nitrogen and oxygen atoms in total. The fourth-order valence-corrected chi connectivity index (χ4v) is 4.79. The highest BCUT2D eigenvalue weighted by atomic mass is 16.3. The van der Waals surface area contributed by atoms with E-state index < -0.39 is 11.5 Å². The van der Waals surface area contributed by atoms with Crippen molar-refractivity contribution in [3.8, 4) is 0 Å². The minimum Gasteiger partial charge on any atom is -0.391 e. The van der Waals surface area contributed by atoms with Crippen molar-refractivity contribution in [1.82, 2.24) is 19.6 Å². The minimum absolute atomic E-state index is 0.0155. The lowest BCUT2D eigenvalue weighted by Crippen LogP contribution is -2.56. The molecule has 28 heavy (non-hydrogen) atoms. The van der Waals surface area contributed by atoms with E-state index in [1.807, 2.05) is 6.92 Å². The average Bonchev–Trinajstić information content (AvgIpc) is 2.91. The number of carbonyl (C=O) groups is 3. The summed E-state index contributed by atoms with van der Waals surface area (Å²) in [7, 11) is 1.73. The van der Waals surface area contributed by atoms with Gasteiger partial charge in [0.15, 0.2) is 5.78 Å². The standard InChI is InChI=1S/C20H30N4O4/c1-13-18(15(3)25)14(2)24(21-13)8-5-17(27)23-9-6-20(7-10-23)11-16(26)12-22(4)19(20)28/h16,26H,5-12H2,1-4H3. The third-order valence-electron chi connectivity index (χ3n) is 6.26. The maximum absolute atomic E-state index is 12.7. The van der Waals surface area contributed by atoms with Gasteiger partial charge in [-0.3, -0.25) is 19.1 Å². The molecule has 0 radical (unpaired) electrons. The molecule has 1 N–H and O–H groups in total. The van der Waals surface area contributed by atoms with Crippen LogP contribution >= 0.6 is 0 Å². The molecular formula is C20H30N4O4. The Morgan fingerprint density at radius 2 is 1.89 bits per heavy atom. The van der Waals surface area contributed by atoms with E-state index in [1.165, 1.54) is 6.92 Å². The molecule has 1 unspecified atom stereocenters. The van der Waals surface area contributed by atoms with E-state index in [2.05, 4.69) is 5.10 Å². The molecule has 2 aliphatic heterocycles. The van der Waals surface area contributed by atoms with Crippen molar-refractivity contribution in [1.29, 1.82) is 0 Å². The zero-order valence-electron chi connectivity index (χ0n) is 17.2. The van der Waals surface area contributed by atoms with E-state index in [9.17, 15) is 19.5 Å². The molecule has 2 amide bonds. The second-order valence-electron chi connectivity index (χ2n) is 8.28. The van der Waals surface area contributed by atoms with E-state index in [4.69, 9.17) is 0 Å². The first-order valence-electron chi connectivity index (χ1n) is 9.91. The number of aryl methyl sites for hydroxylation is 2. The van der Waals surface area contributed by atoms with Gasteiger partial charge < -0.3 is 14.9 Å². The molecule has 3 heterocycles. The van der Waals surface area contributed by atoms with Gasteiger partial charge in [-0.25, -0.2) is 0 Å². The summed E-state index contributed by atoms with van der Waals surface area (Å²) in [6.45, 7) is 7.05. The Kier molecular flexibility index (Phi) is 5.61. The molecule has 8 heteroatoms. The zero-order valence-corrected chi connectivity index (χ0v) is 17.2. The second-order valence-corrected chi connectivity index (χ2v) is 8.28. The van der Waals surface area contributed by atoms with E-state index in [0.29, 0.717) is 63.1 Å². The molecule has 0 aromatic carbocycles. The van der Waals surface area contributed by atoms with Crippen LogP contribution in [-0.2, 0) is 16.1 Å². The number of likely N-dealkylation sites (N-methyl/N-ethyl adjacent to an activating group) is 1. The van der Waals surface area contributed by atoms with E-state index in [0.717, 1.165) is 5.69 Å². The molecule has 1 aromatic rings. The summed E-state index contributed by atoms with van der Waals surface area (Å²) in [6, 6.07) is 0. The lowest BCUT2D eigenvalue weighted by molar-refractivity contribution is -0.156. The van der Waals surface area contributed by atoms with Crippen LogP contribution in [0.3, 0.4) is 0 Å². The van der Waals surface area contributed by atoms with E-state index >= 15 is 0 Å². The molecule has 1 aromatic heterocycles. The lowest BCUT2D eigenvalue weighted by Gasteiger charge is -2.47. The number of nitrogens with zero attached hydrogens (tertiary/aromatic N) is 4. The van der Waals surface area contributed by atoms with Crippen molar-refractivity contribution < 1.29 is 19.5 Å². The van der Waals surface area contributed by atoms with Gasteiger partial charge in [-0.05, 0) is 40.0 Å². The first-order valence-corrected chi connectivity index (χ1v) is 9.91. The molecule has 154 valence electrons. The van der Waals surface area contributed by atoms with Crippen LogP contribution in [0.2, 0.25) is 0 Å². The SMILES string of the molecule is CC(=O)c1c(C)nn(CCC(=O)N2CCC3(CC2)CC(O)CN(C)C3=O)c1C. The summed E-state index contributed by atoms with van der Waals surface area (Å²) in [5.41, 5.74) is 1.58. The topological polar surface area (TPSA) is 95.7 Å². The van der Waals surface area contributed by atoms with Crippen molar-refractivity contribution in [3.63, 3.8) is 0 Å². The molecular weight excluding hydrogens is 360 g/mol. The predicted molar refractivity (Wildman–Crippen MR) is 103 cm³/mol. The Bertz CT molecular complexity index is 792. The molecule has 2 saturated heterocycles. The van der Waals surface area contributed by atoms with Crippen molar-refractivity contribution in [2.75, 3.05) is 26.7 Å². The Morgan fingerprint density at radius 1 is 1.25 bits per heavy atom. The molecule has 2 aliphatic rings. The largest absolute Gasteiger partial charge is 0.391 e. The summed E-state index contributed by atoms with van der Waals surface area (Å²) < 4.78 is 1.73. The van der Waals surface area contributed by atoms with Crippen LogP contribution in [-0.4, -0.2) is 75.1 Å². The highest BCUT2D eigenvalue weighted by molar-refractivity contribution is 5.96. The van der Waals surface area contributed by atoms with Gasteiger partial charge in [0, 0.05) is 45.3 Å². The van der Waals surface area contributed by atoms with Crippen molar-refractivity contribution in [3.05, 3.63) is 17.0 Å². The number of hydrogen-bond donors (Lipinski definition) is 1. The number of hydrogen-bond acceptors (Lipinski definition) is 5. The predicted octanol–water partition coefficient (Wildman–Crippen LogP) is 0.924. The molecule has 3 rings (SSSR count). The van der Waals surface area contributed by atoms with Crippen LogP contribution in [0.1, 0.15) is 54.4 Å². The Balaban J connectivity index is 1.58. The zero-order chi connectivity index (χ0) is 20.6. The second kappa shape index (κ2) is 7.66. The maximum Gasteiger partial charge on any atom is 0.228 e. The fourth-order valence-electron chi connectivity index (χ4n) is 4.79. The van der Waals surface area contributed by atoms with Gasteiger partial charge in [0.1, 0.15) is 0 Å². The van der Waals surface area contributed by atoms with Crippen LogP contribution in [0, 0.1) is 19.3 Å². The third-order valence-corrected chi connectivity index (χ3v) is 6.26. The number of ketones is 1. The molecule has 2 fully saturated rings. The number of aliphatic hydroxyl groups is 1. The summed E-state index contributed by atoms with van der Waals surface area (Å²) >= 11 is 0. The fraction of sp³-hybridized carbons (Fsp3) is 0.700. The quantitative estimate of drug-likeness (QED) is 0.772. The Labute approximate surface area is 165 Å². The molecule has 0 bridgehead atoms. The molecule has 0 aliphatic carbocycles. The number of piperidine rings is 2. The Hall–Kier alpha value is -2.22. The van der Waals surface area contributed by atoms with Crippen LogP contribution in [0.15, 0.2) is 0 Å². The number of aromatic nitrogens is 2. The van der Waals surface area contributed by atoms with Gasteiger partial charge in [-0.15, -0.1) is 0 Å². The van der Waals surface area contributed by atoms with Crippen molar-refractivity contribution >= 4 is 17.6 Å². The van der Waals surface area contributed by atoms with Gasteiger partial charge in [-0.1, -0.05) is 0 Å².